The van der Waals surface area contributed by atoms with E-state index < -0.39 is 0 Å². The van der Waals surface area contributed by atoms with Crippen molar-refractivity contribution in [1.29, 1.82) is 0 Å². The van der Waals surface area contributed by atoms with E-state index in [0.29, 0.717) is 6.61 Å². The lowest BCUT2D eigenvalue weighted by Crippen LogP contribution is -2.12. The summed E-state index contributed by atoms with van der Waals surface area (Å²) in [6.07, 6.45) is 4.79. The first-order valence-electron chi connectivity index (χ1n) is 6.59. The lowest BCUT2D eigenvalue weighted by molar-refractivity contribution is 0.305. The minimum absolute atomic E-state index is 0.613. The smallest absolute Gasteiger partial charge is 0.157 e. The van der Waals surface area contributed by atoms with E-state index in [2.05, 4.69) is 30.3 Å². The molecule has 0 spiro atoms. The van der Waals surface area contributed by atoms with Gasteiger partial charge in [-0.05, 0) is 26.0 Å². The van der Waals surface area contributed by atoms with Gasteiger partial charge in [-0.25, -0.2) is 0 Å². The molecule has 2 rings (SSSR count). The second kappa shape index (κ2) is 6.73. The number of thiophene rings is 1. The van der Waals surface area contributed by atoms with Crippen LogP contribution >= 0.6 is 11.3 Å². The first-order chi connectivity index (χ1) is 9.19. The van der Waals surface area contributed by atoms with E-state index in [4.69, 9.17) is 4.74 Å². The normalized spacial score (nSPS) is 10.9. The highest BCUT2D eigenvalue weighted by Crippen LogP contribution is 2.23. The van der Waals surface area contributed by atoms with Crippen molar-refractivity contribution in [1.82, 2.24) is 15.1 Å². The van der Waals surface area contributed by atoms with Crippen LogP contribution in [0.5, 0.6) is 5.75 Å². The second-order valence-corrected chi connectivity index (χ2v) is 5.95. The molecule has 2 heterocycles. The molecule has 0 amide bonds. The summed E-state index contributed by atoms with van der Waals surface area (Å²) in [6.45, 7) is 6.96. The van der Waals surface area contributed by atoms with Crippen LogP contribution in [0.25, 0.3) is 0 Å². The van der Waals surface area contributed by atoms with Gasteiger partial charge in [0.1, 0.15) is 6.61 Å². The predicted octanol–water partition coefficient (Wildman–Crippen LogP) is 2.87. The van der Waals surface area contributed by atoms with E-state index in [1.165, 1.54) is 21.7 Å². The van der Waals surface area contributed by atoms with Crippen LogP contribution in [0.15, 0.2) is 18.5 Å². The van der Waals surface area contributed by atoms with Crippen LogP contribution in [0.4, 0.5) is 0 Å². The van der Waals surface area contributed by atoms with Crippen molar-refractivity contribution in [2.24, 2.45) is 7.05 Å². The summed E-state index contributed by atoms with van der Waals surface area (Å²) < 4.78 is 7.48. The van der Waals surface area contributed by atoms with Crippen LogP contribution in [0.1, 0.15) is 28.7 Å². The molecule has 2 aromatic rings. The average Bonchev–Trinajstić information content (AvgIpc) is 2.94. The standard InChI is InChI=1S/C14H21N3OS/c1-4-5-15-8-14-6-12(11(2)19-14)10-18-13-7-16-17(3)9-13/h6-7,9,15H,4-5,8,10H2,1-3H3. The summed E-state index contributed by atoms with van der Waals surface area (Å²) >= 11 is 1.84. The minimum atomic E-state index is 0.613. The molecule has 19 heavy (non-hydrogen) atoms. The Hall–Kier alpha value is -1.33. The fourth-order valence-electron chi connectivity index (χ4n) is 1.84. The van der Waals surface area contributed by atoms with Gasteiger partial charge in [0.05, 0.1) is 12.4 Å². The lowest BCUT2D eigenvalue weighted by atomic mass is 10.2. The molecule has 1 N–H and O–H groups in total. The number of hydrogen-bond donors (Lipinski definition) is 1. The first-order valence-corrected chi connectivity index (χ1v) is 7.41. The van der Waals surface area contributed by atoms with Crippen molar-refractivity contribution in [3.63, 3.8) is 0 Å². The molecule has 0 atom stereocenters. The third-order valence-corrected chi connectivity index (χ3v) is 3.97. The molecular formula is C14H21N3OS. The predicted molar refractivity (Wildman–Crippen MR) is 78.6 cm³/mol. The van der Waals surface area contributed by atoms with Gasteiger partial charge in [0.2, 0.25) is 0 Å². The Bertz CT molecular complexity index is 518. The maximum absolute atomic E-state index is 5.74. The maximum atomic E-state index is 5.74. The highest BCUT2D eigenvalue weighted by Gasteiger charge is 2.06. The zero-order valence-corrected chi connectivity index (χ0v) is 12.6. The average molecular weight is 279 g/mol. The third-order valence-electron chi connectivity index (χ3n) is 2.87. The van der Waals surface area contributed by atoms with Crippen molar-refractivity contribution in [2.45, 2.75) is 33.4 Å². The monoisotopic (exact) mass is 279 g/mol. The molecular weight excluding hydrogens is 258 g/mol. The first kappa shape index (κ1) is 14.1. The van der Waals surface area contributed by atoms with E-state index >= 15 is 0 Å². The van der Waals surface area contributed by atoms with Crippen LogP contribution in [0.2, 0.25) is 0 Å². The summed E-state index contributed by atoms with van der Waals surface area (Å²) in [5.41, 5.74) is 1.27. The van der Waals surface area contributed by atoms with Crippen molar-refractivity contribution < 1.29 is 4.74 Å². The van der Waals surface area contributed by atoms with Gasteiger partial charge in [-0.3, -0.25) is 4.68 Å². The fraction of sp³-hybridized carbons (Fsp3) is 0.500. The third kappa shape index (κ3) is 4.08. The van der Waals surface area contributed by atoms with E-state index in [1.54, 1.807) is 10.9 Å². The number of nitrogens with zero attached hydrogens (tertiary/aromatic N) is 2. The van der Waals surface area contributed by atoms with Gasteiger partial charge >= 0.3 is 0 Å². The van der Waals surface area contributed by atoms with Crippen molar-refractivity contribution in [3.8, 4) is 5.75 Å². The molecule has 4 nitrogen and oxygen atoms in total. The molecule has 0 radical (unpaired) electrons. The van der Waals surface area contributed by atoms with Gasteiger partial charge in [0, 0.05) is 28.9 Å². The summed E-state index contributed by atoms with van der Waals surface area (Å²) in [7, 11) is 1.89. The molecule has 0 saturated heterocycles. The summed E-state index contributed by atoms with van der Waals surface area (Å²) in [4.78, 5) is 2.70. The van der Waals surface area contributed by atoms with Crippen LogP contribution in [0, 0.1) is 6.92 Å². The molecule has 0 fully saturated rings. The van der Waals surface area contributed by atoms with Gasteiger partial charge < -0.3 is 10.1 Å². The molecule has 0 aromatic carbocycles. The Kier molecular flexibility index (Phi) is 4.99. The highest BCUT2D eigenvalue weighted by atomic mass is 32.1. The lowest BCUT2D eigenvalue weighted by Gasteiger charge is -2.02. The van der Waals surface area contributed by atoms with Gasteiger partial charge in [0.25, 0.3) is 0 Å². The zero-order chi connectivity index (χ0) is 13.7. The van der Waals surface area contributed by atoms with Gasteiger partial charge in [-0.2, -0.15) is 5.10 Å². The van der Waals surface area contributed by atoms with E-state index in [-0.39, 0.29) is 0 Å². The van der Waals surface area contributed by atoms with Gasteiger partial charge in [0.15, 0.2) is 5.75 Å². The summed E-state index contributed by atoms with van der Waals surface area (Å²) in [5.74, 6) is 0.818. The van der Waals surface area contributed by atoms with Crippen molar-refractivity contribution in [2.75, 3.05) is 6.54 Å². The van der Waals surface area contributed by atoms with Crippen molar-refractivity contribution in [3.05, 3.63) is 33.8 Å². The SMILES string of the molecule is CCCNCc1cc(COc2cnn(C)c2)c(C)s1. The molecule has 0 aliphatic carbocycles. The Morgan fingerprint density at radius 2 is 2.32 bits per heavy atom. The van der Waals surface area contributed by atoms with Crippen LogP contribution in [0.3, 0.4) is 0 Å². The number of nitrogens with one attached hydrogen (secondary N) is 1. The van der Waals surface area contributed by atoms with E-state index in [9.17, 15) is 0 Å². The maximum Gasteiger partial charge on any atom is 0.157 e. The molecule has 2 aromatic heterocycles. The highest BCUT2D eigenvalue weighted by molar-refractivity contribution is 7.12. The fourth-order valence-corrected chi connectivity index (χ4v) is 2.86. The minimum Gasteiger partial charge on any atom is -0.486 e. The van der Waals surface area contributed by atoms with Crippen LogP contribution < -0.4 is 10.1 Å². The zero-order valence-electron chi connectivity index (χ0n) is 11.8. The molecule has 104 valence electrons. The molecule has 0 aliphatic rings. The van der Waals surface area contributed by atoms with Gasteiger partial charge in [-0.1, -0.05) is 6.92 Å². The molecule has 5 heteroatoms. The number of aryl methyl sites for hydroxylation is 2. The topological polar surface area (TPSA) is 39.1 Å². The Balaban J connectivity index is 1.89. The molecule has 0 aliphatic heterocycles. The quantitative estimate of drug-likeness (QED) is 0.792. The Labute approximate surface area is 118 Å². The number of hydrogen-bond acceptors (Lipinski definition) is 4. The Morgan fingerprint density at radius 1 is 1.47 bits per heavy atom. The molecule has 0 saturated carbocycles. The van der Waals surface area contributed by atoms with Crippen molar-refractivity contribution >= 4 is 11.3 Å². The van der Waals surface area contributed by atoms with Crippen LogP contribution in [-0.2, 0) is 20.2 Å². The van der Waals surface area contributed by atoms with E-state index in [1.807, 2.05) is 24.6 Å². The summed E-state index contributed by atoms with van der Waals surface area (Å²) in [5, 5.41) is 7.52. The molecule has 0 unspecified atom stereocenters. The number of ether oxygens (including phenoxy) is 1. The van der Waals surface area contributed by atoms with E-state index in [0.717, 1.165) is 18.8 Å². The Morgan fingerprint density at radius 3 is 3.00 bits per heavy atom. The number of rotatable bonds is 7. The second-order valence-electron chi connectivity index (χ2n) is 4.61. The molecule has 0 bridgehead atoms. The number of aromatic nitrogens is 2. The van der Waals surface area contributed by atoms with Gasteiger partial charge in [-0.15, -0.1) is 11.3 Å². The largest absolute Gasteiger partial charge is 0.486 e. The summed E-state index contributed by atoms with van der Waals surface area (Å²) in [6, 6.07) is 2.24. The van der Waals surface area contributed by atoms with Crippen LogP contribution in [-0.4, -0.2) is 16.3 Å².